The molecule has 2 rings (SSSR count). The molecule has 0 aliphatic carbocycles. The number of hydrogen-bond acceptors (Lipinski definition) is 4. The van der Waals surface area contributed by atoms with E-state index in [2.05, 4.69) is 9.97 Å². The summed E-state index contributed by atoms with van der Waals surface area (Å²) in [6.07, 6.45) is 1.97. The minimum Gasteiger partial charge on any atom is -0.348 e. The molecule has 1 unspecified atom stereocenters. The third-order valence-corrected chi connectivity index (χ3v) is 4.86. The van der Waals surface area contributed by atoms with Crippen LogP contribution < -0.4 is 0 Å². The van der Waals surface area contributed by atoms with Crippen molar-refractivity contribution in [3.63, 3.8) is 0 Å². The molecule has 1 aliphatic heterocycles. The Morgan fingerprint density at radius 3 is 2.76 bits per heavy atom. The lowest BCUT2D eigenvalue weighted by Crippen LogP contribution is -2.38. The minimum atomic E-state index is -2.98. The number of imidazole rings is 1. The number of carbonyl (C=O) groups is 1. The van der Waals surface area contributed by atoms with Crippen LogP contribution in [0.1, 0.15) is 22.6 Å². The summed E-state index contributed by atoms with van der Waals surface area (Å²) in [5, 5.41) is 0. The summed E-state index contributed by atoms with van der Waals surface area (Å²) in [7, 11) is -1.35. The molecule has 0 aromatic carbocycles. The van der Waals surface area contributed by atoms with Gasteiger partial charge in [0.05, 0.1) is 17.8 Å². The molecule has 6 nitrogen and oxygen atoms in total. The zero-order chi connectivity index (χ0) is 12.6. The van der Waals surface area contributed by atoms with E-state index in [0.29, 0.717) is 17.8 Å². The van der Waals surface area contributed by atoms with Crippen LogP contribution in [-0.2, 0) is 9.84 Å². The first-order valence-electron chi connectivity index (χ1n) is 5.38. The summed E-state index contributed by atoms with van der Waals surface area (Å²) in [5.41, 5.74) is 1.06. The molecule has 1 aromatic heterocycles. The Morgan fingerprint density at radius 2 is 2.29 bits per heavy atom. The molecule has 1 aliphatic rings. The van der Waals surface area contributed by atoms with Crippen molar-refractivity contribution in [1.29, 1.82) is 0 Å². The summed E-state index contributed by atoms with van der Waals surface area (Å²) in [5.74, 6) is -0.0149. The fourth-order valence-corrected chi connectivity index (χ4v) is 3.76. The molecule has 1 fully saturated rings. The third kappa shape index (κ3) is 2.33. The molecule has 0 bridgehead atoms. The van der Waals surface area contributed by atoms with Gasteiger partial charge in [-0.25, -0.2) is 13.4 Å². The second-order valence-corrected chi connectivity index (χ2v) is 6.58. The molecule has 1 atom stereocenters. The molecule has 1 aromatic rings. The molecule has 1 saturated heterocycles. The lowest BCUT2D eigenvalue weighted by atomic mass is 10.2. The van der Waals surface area contributed by atoms with Crippen molar-refractivity contribution in [2.24, 2.45) is 0 Å². The molecular weight excluding hydrogens is 242 g/mol. The van der Waals surface area contributed by atoms with Gasteiger partial charge in [-0.1, -0.05) is 0 Å². The van der Waals surface area contributed by atoms with E-state index in [9.17, 15) is 13.2 Å². The standard InChI is InChI=1S/C10H15N3O3S/c1-7-9(12-6-11-7)10(14)13(2)8-3-4-17(15,16)5-8/h6,8H,3-5H2,1-2H3,(H,11,12). The molecule has 7 heteroatoms. The van der Waals surface area contributed by atoms with E-state index in [4.69, 9.17) is 0 Å². The van der Waals surface area contributed by atoms with Crippen molar-refractivity contribution in [3.8, 4) is 0 Å². The van der Waals surface area contributed by atoms with Crippen LogP contribution in [-0.4, -0.2) is 53.8 Å². The van der Waals surface area contributed by atoms with E-state index in [1.165, 1.54) is 11.2 Å². The highest BCUT2D eigenvalue weighted by Gasteiger charge is 2.33. The van der Waals surface area contributed by atoms with Gasteiger partial charge in [0.2, 0.25) is 0 Å². The van der Waals surface area contributed by atoms with Crippen LogP contribution in [0.2, 0.25) is 0 Å². The van der Waals surface area contributed by atoms with Crippen molar-refractivity contribution >= 4 is 15.7 Å². The highest BCUT2D eigenvalue weighted by atomic mass is 32.2. The van der Waals surface area contributed by atoms with E-state index < -0.39 is 9.84 Å². The Kier molecular flexibility index (Phi) is 2.94. The molecular formula is C10H15N3O3S. The highest BCUT2D eigenvalue weighted by molar-refractivity contribution is 7.91. The Morgan fingerprint density at radius 1 is 1.59 bits per heavy atom. The highest BCUT2D eigenvalue weighted by Crippen LogP contribution is 2.18. The van der Waals surface area contributed by atoms with E-state index in [-0.39, 0.29) is 23.5 Å². The zero-order valence-corrected chi connectivity index (χ0v) is 10.6. The number of aryl methyl sites for hydroxylation is 1. The second kappa shape index (κ2) is 4.14. The zero-order valence-electron chi connectivity index (χ0n) is 9.80. The molecule has 2 heterocycles. The maximum Gasteiger partial charge on any atom is 0.274 e. The van der Waals surface area contributed by atoms with Gasteiger partial charge in [0.1, 0.15) is 5.69 Å². The molecule has 1 N–H and O–H groups in total. The monoisotopic (exact) mass is 257 g/mol. The SMILES string of the molecule is Cc1[nH]cnc1C(=O)N(C)C1CCS(=O)(=O)C1. The maximum absolute atomic E-state index is 12.1. The number of rotatable bonds is 2. The van der Waals surface area contributed by atoms with Gasteiger partial charge in [0.15, 0.2) is 9.84 Å². The fourth-order valence-electron chi connectivity index (χ4n) is 1.99. The average molecular weight is 257 g/mol. The van der Waals surface area contributed by atoms with E-state index in [1.807, 2.05) is 0 Å². The van der Waals surface area contributed by atoms with Crippen LogP contribution in [0, 0.1) is 6.92 Å². The van der Waals surface area contributed by atoms with E-state index in [1.54, 1.807) is 14.0 Å². The number of H-pyrrole nitrogens is 1. The number of sulfone groups is 1. The molecule has 0 saturated carbocycles. The first-order valence-corrected chi connectivity index (χ1v) is 7.20. The molecule has 1 amide bonds. The number of nitrogens with zero attached hydrogens (tertiary/aromatic N) is 2. The van der Waals surface area contributed by atoms with Crippen LogP contribution in [0.3, 0.4) is 0 Å². The fraction of sp³-hybridized carbons (Fsp3) is 0.600. The smallest absolute Gasteiger partial charge is 0.274 e. The van der Waals surface area contributed by atoms with Gasteiger partial charge in [-0.05, 0) is 13.3 Å². The van der Waals surface area contributed by atoms with Crippen LogP contribution in [0.25, 0.3) is 0 Å². The van der Waals surface area contributed by atoms with Gasteiger partial charge in [0.25, 0.3) is 5.91 Å². The van der Waals surface area contributed by atoms with Gasteiger partial charge in [-0.2, -0.15) is 0 Å². The van der Waals surface area contributed by atoms with Gasteiger partial charge < -0.3 is 9.88 Å². The Labute approximate surface area is 100.0 Å². The summed E-state index contributed by atoms with van der Waals surface area (Å²) in [6, 6.07) is -0.233. The minimum absolute atomic E-state index is 0.0543. The number of hydrogen-bond donors (Lipinski definition) is 1. The predicted molar refractivity (Wildman–Crippen MR) is 62.5 cm³/mol. The largest absolute Gasteiger partial charge is 0.348 e. The molecule has 17 heavy (non-hydrogen) atoms. The number of aromatic amines is 1. The van der Waals surface area contributed by atoms with Gasteiger partial charge >= 0.3 is 0 Å². The summed E-state index contributed by atoms with van der Waals surface area (Å²) >= 11 is 0. The average Bonchev–Trinajstić information content (AvgIpc) is 2.82. The van der Waals surface area contributed by atoms with E-state index >= 15 is 0 Å². The Balaban J connectivity index is 2.14. The second-order valence-electron chi connectivity index (χ2n) is 4.35. The first kappa shape index (κ1) is 12.1. The molecule has 0 spiro atoms. The van der Waals surface area contributed by atoms with Crippen molar-refractivity contribution in [3.05, 3.63) is 17.7 Å². The quantitative estimate of drug-likeness (QED) is 0.807. The Bertz CT molecular complexity index is 535. The van der Waals surface area contributed by atoms with Crippen LogP contribution in [0.4, 0.5) is 0 Å². The summed E-state index contributed by atoms with van der Waals surface area (Å²) in [6.45, 7) is 1.76. The lowest BCUT2D eigenvalue weighted by Gasteiger charge is -2.22. The molecule has 94 valence electrons. The normalized spacial score (nSPS) is 22.6. The van der Waals surface area contributed by atoms with Crippen molar-refractivity contribution in [1.82, 2.24) is 14.9 Å². The maximum atomic E-state index is 12.1. The molecule has 0 radical (unpaired) electrons. The number of aromatic nitrogens is 2. The van der Waals surface area contributed by atoms with E-state index in [0.717, 1.165) is 0 Å². The van der Waals surface area contributed by atoms with Crippen LogP contribution in [0.15, 0.2) is 6.33 Å². The van der Waals surface area contributed by atoms with Gasteiger partial charge in [-0.15, -0.1) is 0 Å². The topological polar surface area (TPSA) is 83.1 Å². The lowest BCUT2D eigenvalue weighted by molar-refractivity contribution is 0.0741. The van der Waals surface area contributed by atoms with Crippen molar-refractivity contribution in [2.45, 2.75) is 19.4 Å². The number of carbonyl (C=O) groups excluding carboxylic acids is 1. The van der Waals surface area contributed by atoms with Gasteiger partial charge in [-0.3, -0.25) is 4.79 Å². The first-order chi connectivity index (χ1) is 7.91. The van der Waals surface area contributed by atoms with Gasteiger partial charge in [0, 0.05) is 18.8 Å². The summed E-state index contributed by atoms with van der Waals surface area (Å²) in [4.78, 5) is 20.3. The number of amides is 1. The number of nitrogens with one attached hydrogen (secondary N) is 1. The predicted octanol–water partition coefficient (Wildman–Crippen LogP) is -0.0228. The van der Waals surface area contributed by atoms with Crippen LogP contribution >= 0.6 is 0 Å². The summed E-state index contributed by atoms with van der Waals surface area (Å²) < 4.78 is 22.7. The van der Waals surface area contributed by atoms with Crippen molar-refractivity contribution < 1.29 is 13.2 Å². The Hall–Kier alpha value is -1.37. The third-order valence-electron chi connectivity index (χ3n) is 3.11. The van der Waals surface area contributed by atoms with Crippen LogP contribution in [0.5, 0.6) is 0 Å². The van der Waals surface area contributed by atoms with Crippen molar-refractivity contribution in [2.75, 3.05) is 18.6 Å².